The largest absolute Gasteiger partial charge is 0.474 e. The van der Waals surface area contributed by atoms with Crippen LogP contribution < -0.4 is 9.57 Å². The Labute approximate surface area is 226 Å². The molecular weight excluding hydrogens is 502 g/mol. The van der Waals surface area contributed by atoms with Gasteiger partial charge in [0.05, 0.1) is 12.1 Å². The molecule has 2 fully saturated rings. The molecule has 1 saturated heterocycles. The van der Waals surface area contributed by atoms with Gasteiger partial charge < -0.3 is 9.57 Å². The van der Waals surface area contributed by atoms with Gasteiger partial charge in [0.15, 0.2) is 11.5 Å². The number of rotatable bonds is 8. The number of likely N-dealkylation sites (tertiary alicyclic amines) is 1. The van der Waals surface area contributed by atoms with Gasteiger partial charge in [-0.25, -0.2) is 15.0 Å². The summed E-state index contributed by atoms with van der Waals surface area (Å²) in [5, 5.41) is 9.97. The Hall–Kier alpha value is -3.74. The number of nitriles is 1. The lowest BCUT2D eigenvalue weighted by Gasteiger charge is -2.32. The van der Waals surface area contributed by atoms with Crippen molar-refractivity contribution in [3.05, 3.63) is 76.6 Å². The fourth-order valence-corrected chi connectivity index (χ4v) is 4.89. The van der Waals surface area contributed by atoms with Crippen LogP contribution in [0.4, 0.5) is 0 Å². The number of hydrogen-bond acceptors (Lipinski definition) is 8. The first-order chi connectivity index (χ1) is 18.6. The van der Waals surface area contributed by atoms with Gasteiger partial charge in [-0.1, -0.05) is 23.7 Å². The van der Waals surface area contributed by atoms with E-state index in [2.05, 4.69) is 25.9 Å². The highest BCUT2D eigenvalue weighted by Gasteiger charge is 2.26. The third-order valence-corrected chi connectivity index (χ3v) is 7.35. The zero-order valence-electron chi connectivity index (χ0n) is 21.0. The van der Waals surface area contributed by atoms with E-state index < -0.39 is 0 Å². The lowest BCUT2D eigenvalue weighted by molar-refractivity contribution is -0.0118. The van der Waals surface area contributed by atoms with Crippen LogP contribution in [0.3, 0.4) is 0 Å². The molecule has 0 spiro atoms. The molecule has 0 unspecified atom stereocenters. The number of imidazole rings is 1. The molecule has 2 aliphatic rings. The van der Waals surface area contributed by atoms with Crippen molar-refractivity contribution in [2.24, 2.45) is 0 Å². The minimum atomic E-state index is 0.0921. The van der Waals surface area contributed by atoms with Crippen LogP contribution in [0.5, 0.6) is 5.88 Å². The average molecular weight is 530 g/mol. The molecule has 3 aromatic heterocycles. The van der Waals surface area contributed by atoms with E-state index in [0.29, 0.717) is 40.6 Å². The average Bonchev–Trinajstić information content (AvgIpc) is 3.24. The highest BCUT2D eigenvalue weighted by atomic mass is 35.5. The number of nitrogens with zero attached hydrogens (tertiary/aromatic N) is 7. The van der Waals surface area contributed by atoms with Crippen molar-refractivity contribution < 1.29 is 9.57 Å². The molecule has 0 bridgehead atoms. The lowest BCUT2D eigenvalue weighted by atomic mass is 9.97. The summed E-state index contributed by atoms with van der Waals surface area (Å²) in [7, 11) is 0. The zero-order valence-corrected chi connectivity index (χ0v) is 21.7. The summed E-state index contributed by atoms with van der Waals surface area (Å²) in [4.78, 5) is 26.9. The molecule has 9 nitrogen and oxygen atoms in total. The molecule has 0 amide bonds. The van der Waals surface area contributed by atoms with Crippen LogP contribution in [0.15, 0.2) is 48.8 Å². The Kier molecular flexibility index (Phi) is 7.08. The van der Waals surface area contributed by atoms with E-state index in [-0.39, 0.29) is 12.2 Å². The summed E-state index contributed by atoms with van der Waals surface area (Å²) >= 11 is 5.99. The molecule has 1 aliphatic heterocycles. The number of aromatic nitrogens is 5. The van der Waals surface area contributed by atoms with E-state index in [4.69, 9.17) is 26.2 Å². The molecule has 0 N–H and O–H groups in total. The van der Waals surface area contributed by atoms with Crippen LogP contribution in [0.25, 0.3) is 11.2 Å². The van der Waals surface area contributed by atoms with Crippen LogP contribution >= 0.6 is 11.6 Å². The highest BCUT2D eigenvalue weighted by molar-refractivity contribution is 6.30. The number of benzene rings is 1. The van der Waals surface area contributed by atoms with E-state index in [1.54, 1.807) is 23.2 Å². The number of ether oxygens (including phenoxy) is 1. The van der Waals surface area contributed by atoms with Gasteiger partial charge >= 0.3 is 0 Å². The standard InChI is InChI=1S/C28H28ClN7O2/c29-21-6-4-19(5-7-21)15-25-31-11-8-27(34-25)37-22-9-12-35(13-10-22)18-26-33-24-14-20(16-30)17-32-28(24)36(26)38-23-2-1-3-23/h4-8,11,14,17,22-23H,1-3,9-10,12-13,15,18H2. The zero-order chi connectivity index (χ0) is 25.9. The Balaban J connectivity index is 1.08. The van der Waals surface area contributed by atoms with Gasteiger partial charge in [-0.2, -0.15) is 10.2 Å². The van der Waals surface area contributed by atoms with Gasteiger partial charge in [0.1, 0.15) is 29.6 Å². The van der Waals surface area contributed by atoms with Crippen molar-refractivity contribution >= 4 is 22.8 Å². The monoisotopic (exact) mass is 529 g/mol. The molecule has 4 aromatic rings. The van der Waals surface area contributed by atoms with E-state index in [0.717, 1.165) is 56.0 Å². The van der Waals surface area contributed by atoms with E-state index in [1.165, 1.54) is 6.42 Å². The summed E-state index contributed by atoms with van der Waals surface area (Å²) in [6, 6.07) is 13.5. The fraction of sp³-hybridized carbons (Fsp3) is 0.393. The molecule has 1 aliphatic carbocycles. The molecule has 194 valence electrons. The normalized spacial score (nSPS) is 16.7. The van der Waals surface area contributed by atoms with Gasteiger partial charge in [0.2, 0.25) is 5.88 Å². The van der Waals surface area contributed by atoms with Crippen molar-refractivity contribution in [2.45, 2.75) is 57.3 Å². The number of fused-ring (bicyclic) bond motifs is 1. The van der Waals surface area contributed by atoms with Crippen molar-refractivity contribution in [1.82, 2.24) is 29.6 Å². The van der Waals surface area contributed by atoms with Crippen molar-refractivity contribution in [2.75, 3.05) is 13.1 Å². The van der Waals surface area contributed by atoms with E-state index in [9.17, 15) is 5.26 Å². The van der Waals surface area contributed by atoms with E-state index >= 15 is 0 Å². The maximum atomic E-state index is 9.26. The summed E-state index contributed by atoms with van der Waals surface area (Å²) in [6.07, 6.45) is 9.28. The predicted molar refractivity (Wildman–Crippen MR) is 142 cm³/mol. The van der Waals surface area contributed by atoms with Gasteiger partial charge in [0, 0.05) is 43.0 Å². The number of halogens is 1. The minimum absolute atomic E-state index is 0.0921. The van der Waals surface area contributed by atoms with Gasteiger partial charge in [-0.05, 0) is 55.9 Å². The van der Waals surface area contributed by atoms with Gasteiger partial charge in [-0.3, -0.25) is 4.90 Å². The quantitative estimate of drug-likeness (QED) is 0.332. The number of piperidine rings is 1. The highest BCUT2D eigenvalue weighted by Crippen LogP contribution is 2.24. The number of hydrogen-bond donors (Lipinski definition) is 0. The molecule has 1 aromatic carbocycles. The second-order valence-corrected chi connectivity index (χ2v) is 10.3. The minimum Gasteiger partial charge on any atom is -0.474 e. The topological polar surface area (TPSA) is 102 Å². The van der Waals surface area contributed by atoms with Crippen LogP contribution in [0.2, 0.25) is 5.02 Å². The number of pyridine rings is 1. The Morgan fingerprint density at radius 1 is 1.00 bits per heavy atom. The predicted octanol–water partition coefficient (Wildman–Crippen LogP) is 4.36. The summed E-state index contributed by atoms with van der Waals surface area (Å²) < 4.78 is 8.02. The second kappa shape index (κ2) is 10.9. The SMILES string of the molecule is N#Cc1cnc2c(c1)nc(CN1CCC(Oc3ccnc(Cc4ccc(Cl)cc4)n3)CC1)n2OC1CCC1. The molecule has 4 heterocycles. The third-order valence-electron chi connectivity index (χ3n) is 7.10. The molecule has 0 radical (unpaired) electrons. The molecular formula is C28H28ClN7O2. The molecule has 1 saturated carbocycles. The van der Waals surface area contributed by atoms with E-state index in [1.807, 2.05) is 30.3 Å². The molecule has 0 atom stereocenters. The van der Waals surface area contributed by atoms with Crippen LogP contribution in [-0.2, 0) is 13.0 Å². The summed E-state index contributed by atoms with van der Waals surface area (Å²) in [5.41, 5.74) is 2.96. The first kappa shape index (κ1) is 24.6. The van der Waals surface area contributed by atoms with Crippen LogP contribution in [0.1, 0.15) is 54.9 Å². The fourth-order valence-electron chi connectivity index (χ4n) is 4.76. The molecule has 6 rings (SSSR count). The van der Waals surface area contributed by atoms with Crippen molar-refractivity contribution in [1.29, 1.82) is 5.26 Å². The molecule has 10 heteroatoms. The first-order valence-electron chi connectivity index (χ1n) is 13.0. The summed E-state index contributed by atoms with van der Waals surface area (Å²) in [5.74, 6) is 2.15. The maximum absolute atomic E-state index is 9.26. The maximum Gasteiger partial charge on any atom is 0.216 e. The first-order valence-corrected chi connectivity index (χ1v) is 13.4. The van der Waals surface area contributed by atoms with Crippen molar-refractivity contribution in [3.63, 3.8) is 0 Å². The lowest BCUT2D eigenvalue weighted by Crippen LogP contribution is -2.39. The smallest absolute Gasteiger partial charge is 0.216 e. The Morgan fingerprint density at radius 3 is 2.55 bits per heavy atom. The van der Waals surface area contributed by atoms with Crippen LogP contribution in [-0.4, -0.2) is 54.9 Å². The second-order valence-electron chi connectivity index (χ2n) is 9.87. The Morgan fingerprint density at radius 2 is 1.82 bits per heavy atom. The third kappa shape index (κ3) is 5.57. The van der Waals surface area contributed by atoms with Crippen LogP contribution in [0, 0.1) is 11.3 Å². The Bertz CT molecular complexity index is 1450. The molecule has 38 heavy (non-hydrogen) atoms. The van der Waals surface area contributed by atoms with Gasteiger partial charge in [0.25, 0.3) is 0 Å². The summed E-state index contributed by atoms with van der Waals surface area (Å²) in [6.45, 7) is 2.39. The van der Waals surface area contributed by atoms with Gasteiger partial charge in [-0.15, -0.1) is 4.73 Å². The van der Waals surface area contributed by atoms with Crippen molar-refractivity contribution in [3.8, 4) is 11.9 Å².